The third kappa shape index (κ3) is 3.11. The molecule has 3 nitrogen and oxygen atoms in total. The Morgan fingerprint density at radius 1 is 1.47 bits per heavy atom. The van der Waals surface area contributed by atoms with Gasteiger partial charge in [-0.1, -0.05) is 11.6 Å². The zero-order chi connectivity index (χ0) is 12.3. The first-order valence-electron chi connectivity index (χ1n) is 5.18. The molecular weight excluding hydrogens is 256 g/mol. The maximum Gasteiger partial charge on any atom is 0.142 e. The van der Waals surface area contributed by atoms with E-state index in [1.54, 1.807) is 18.4 Å². The molecule has 0 unspecified atom stereocenters. The Balaban J connectivity index is 2.10. The molecule has 0 fully saturated rings. The fourth-order valence-electron chi connectivity index (χ4n) is 1.49. The molecule has 1 aromatic heterocycles. The van der Waals surface area contributed by atoms with Crippen molar-refractivity contribution in [3.05, 3.63) is 39.3 Å². The average Bonchev–Trinajstić information content (AvgIpc) is 2.73. The van der Waals surface area contributed by atoms with Crippen molar-refractivity contribution in [3.63, 3.8) is 0 Å². The number of anilines is 1. The summed E-state index contributed by atoms with van der Waals surface area (Å²) in [6.07, 6.45) is 1.88. The molecule has 1 aromatic carbocycles. The molecule has 1 heterocycles. The summed E-state index contributed by atoms with van der Waals surface area (Å²) >= 11 is 7.63. The Morgan fingerprint density at radius 3 is 2.94 bits per heavy atom. The highest BCUT2D eigenvalue weighted by atomic mass is 35.5. The van der Waals surface area contributed by atoms with Gasteiger partial charge in [0.25, 0.3) is 0 Å². The highest BCUT2D eigenvalue weighted by molar-refractivity contribution is 7.11. The Bertz CT molecular complexity index is 513. The highest BCUT2D eigenvalue weighted by Crippen LogP contribution is 2.28. The molecule has 2 rings (SSSR count). The summed E-state index contributed by atoms with van der Waals surface area (Å²) in [7, 11) is 1.64. The van der Waals surface area contributed by atoms with Crippen LogP contribution in [0.25, 0.3) is 0 Å². The fraction of sp³-hybridized carbons (Fsp3) is 0.250. The number of hydrogen-bond donors (Lipinski definition) is 1. The van der Waals surface area contributed by atoms with E-state index in [0.29, 0.717) is 5.02 Å². The molecule has 0 aliphatic heterocycles. The lowest BCUT2D eigenvalue weighted by atomic mass is 10.3. The molecule has 0 atom stereocenters. The van der Waals surface area contributed by atoms with E-state index in [1.165, 1.54) is 4.88 Å². The van der Waals surface area contributed by atoms with Crippen molar-refractivity contribution < 1.29 is 4.74 Å². The number of aromatic nitrogens is 1. The number of hydrogen-bond acceptors (Lipinski definition) is 4. The minimum Gasteiger partial charge on any atom is -0.495 e. The molecule has 17 heavy (non-hydrogen) atoms. The average molecular weight is 269 g/mol. The van der Waals surface area contributed by atoms with Crippen LogP contribution in [0.1, 0.15) is 9.88 Å². The van der Waals surface area contributed by atoms with Crippen molar-refractivity contribution in [1.82, 2.24) is 4.98 Å². The second kappa shape index (κ2) is 5.38. The second-order valence-corrected chi connectivity index (χ2v) is 5.30. The third-order valence-electron chi connectivity index (χ3n) is 2.28. The number of aryl methyl sites for hydroxylation is 1. The van der Waals surface area contributed by atoms with Gasteiger partial charge in [0, 0.05) is 16.1 Å². The number of rotatable bonds is 4. The van der Waals surface area contributed by atoms with E-state index in [0.717, 1.165) is 23.0 Å². The lowest BCUT2D eigenvalue weighted by Gasteiger charge is -2.10. The second-order valence-electron chi connectivity index (χ2n) is 3.54. The minimum absolute atomic E-state index is 0.689. The van der Waals surface area contributed by atoms with Gasteiger partial charge in [0.15, 0.2) is 0 Å². The molecule has 5 heteroatoms. The van der Waals surface area contributed by atoms with Crippen LogP contribution in [-0.4, -0.2) is 12.1 Å². The molecule has 0 aliphatic rings. The molecule has 0 radical (unpaired) electrons. The molecule has 0 saturated carbocycles. The van der Waals surface area contributed by atoms with Crippen molar-refractivity contribution in [3.8, 4) is 5.75 Å². The van der Waals surface area contributed by atoms with Crippen molar-refractivity contribution >= 4 is 28.6 Å². The molecule has 0 bridgehead atoms. The smallest absolute Gasteiger partial charge is 0.142 e. The van der Waals surface area contributed by atoms with Gasteiger partial charge in [-0.05, 0) is 25.1 Å². The van der Waals surface area contributed by atoms with Crippen molar-refractivity contribution in [1.29, 1.82) is 0 Å². The summed E-state index contributed by atoms with van der Waals surface area (Å²) in [6.45, 7) is 2.72. The van der Waals surface area contributed by atoms with E-state index in [2.05, 4.69) is 10.3 Å². The lowest BCUT2D eigenvalue weighted by Crippen LogP contribution is -1.99. The molecule has 90 valence electrons. The van der Waals surface area contributed by atoms with E-state index >= 15 is 0 Å². The van der Waals surface area contributed by atoms with Crippen LogP contribution in [0.5, 0.6) is 5.75 Å². The zero-order valence-electron chi connectivity index (χ0n) is 9.66. The Kier molecular flexibility index (Phi) is 3.86. The summed E-state index contributed by atoms with van der Waals surface area (Å²) in [6, 6.07) is 5.51. The minimum atomic E-state index is 0.689. The molecule has 0 saturated heterocycles. The molecule has 0 amide bonds. The van der Waals surface area contributed by atoms with Gasteiger partial charge in [-0.3, -0.25) is 0 Å². The molecule has 2 aromatic rings. The Labute approximate surface area is 109 Å². The molecular formula is C12H13ClN2OS. The van der Waals surface area contributed by atoms with E-state index in [4.69, 9.17) is 16.3 Å². The lowest BCUT2D eigenvalue weighted by molar-refractivity contribution is 0.416. The largest absolute Gasteiger partial charge is 0.495 e. The maximum atomic E-state index is 5.95. The van der Waals surface area contributed by atoms with Gasteiger partial charge < -0.3 is 10.1 Å². The molecule has 0 spiro atoms. The topological polar surface area (TPSA) is 34.1 Å². The Hall–Kier alpha value is -1.26. The number of methoxy groups -OCH3 is 1. The van der Waals surface area contributed by atoms with Gasteiger partial charge in [0.1, 0.15) is 5.75 Å². The first kappa shape index (κ1) is 12.2. The normalized spacial score (nSPS) is 10.3. The number of halogens is 1. The summed E-state index contributed by atoms with van der Waals surface area (Å²) in [5.41, 5.74) is 0.894. The van der Waals surface area contributed by atoms with Gasteiger partial charge in [0.05, 0.1) is 24.3 Å². The van der Waals surface area contributed by atoms with E-state index in [-0.39, 0.29) is 0 Å². The van der Waals surface area contributed by atoms with Crippen molar-refractivity contribution in [2.45, 2.75) is 13.5 Å². The van der Waals surface area contributed by atoms with Crippen LogP contribution in [0, 0.1) is 6.92 Å². The molecule has 1 N–H and O–H groups in total. The standard InChI is InChI=1S/C12H13ClN2OS/c1-8-14-6-10(17-8)7-15-11-5-9(13)3-4-12(11)16-2/h3-6,15H,7H2,1-2H3. The zero-order valence-corrected chi connectivity index (χ0v) is 11.2. The van der Waals surface area contributed by atoms with Crippen LogP contribution < -0.4 is 10.1 Å². The third-order valence-corrected chi connectivity index (χ3v) is 3.43. The van der Waals surface area contributed by atoms with Crippen LogP contribution in [0.2, 0.25) is 5.02 Å². The predicted molar refractivity (Wildman–Crippen MR) is 72.2 cm³/mol. The molecule has 0 aliphatic carbocycles. The highest BCUT2D eigenvalue weighted by Gasteiger charge is 2.04. The van der Waals surface area contributed by atoms with Crippen LogP contribution in [0.4, 0.5) is 5.69 Å². The van der Waals surface area contributed by atoms with Crippen LogP contribution in [0.15, 0.2) is 24.4 Å². The first-order valence-corrected chi connectivity index (χ1v) is 6.37. The van der Waals surface area contributed by atoms with E-state index in [9.17, 15) is 0 Å². The monoisotopic (exact) mass is 268 g/mol. The number of nitrogens with one attached hydrogen (secondary N) is 1. The number of thiazole rings is 1. The maximum absolute atomic E-state index is 5.95. The predicted octanol–water partition coefficient (Wildman–Crippen LogP) is 3.73. The quantitative estimate of drug-likeness (QED) is 0.918. The summed E-state index contributed by atoms with van der Waals surface area (Å²) < 4.78 is 5.26. The van der Waals surface area contributed by atoms with Crippen LogP contribution >= 0.6 is 22.9 Å². The SMILES string of the molecule is COc1ccc(Cl)cc1NCc1cnc(C)s1. The van der Waals surface area contributed by atoms with Gasteiger partial charge in [-0.15, -0.1) is 11.3 Å². The fourth-order valence-corrected chi connectivity index (χ4v) is 2.39. The van der Waals surface area contributed by atoms with Crippen LogP contribution in [-0.2, 0) is 6.54 Å². The van der Waals surface area contributed by atoms with E-state index < -0.39 is 0 Å². The van der Waals surface area contributed by atoms with Gasteiger partial charge in [-0.25, -0.2) is 4.98 Å². The van der Waals surface area contributed by atoms with Gasteiger partial charge in [0.2, 0.25) is 0 Å². The van der Waals surface area contributed by atoms with Crippen molar-refractivity contribution in [2.24, 2.45) is 0 Å². The van der Waals surface area contributed by atoms with Crippen LogP contribution in [0.3, 0.4) is 0 Å². The number of nitrogens with zero attached hydrogens (tertiary/aromatic N) is 1. The number of ether oxygens (including phenoxy) is 1. The Morgan fingerprint density at radius 2 is 2.29 bits per heavy atom. The van der Waals surface area contributed by atoms with Crippen molar-refractivity contribution in [2.75, 3.05) is 12.4 Å². The first-order chi connectivity index (χ1) is 8.19. The summed E-state index contributed by atoms with van der Waals surface area (Å²) in [4.78, 5) is 5.39. The summed E-state index contributed by atoms with van der Waals surface area (Å²) in [5.74, 6) is 0.788. The van der Waals surface area contributed by atoms with E-state index in [1.807, 2.05) is 31.3 Å². The number of benzene rings is 1. The summed E-state index contributed by atoms with van der Waals surface area (Å²) in [5, 5.41) is 5.05. The van der Waals surface area contributed by atoms with Gasteiger partial charge >= 0.3 is 0 Å². The van der Waals surface area contributed by atoms with Gasteiger partial charge in [-0.2, -0.15) is 0 Å².